The van der Waals surface area contributed by atoms with E-state index in [1.54, 1.807) is 21.9 Å². The molecule has 1 aromatic carbocycles. The first-order valence-electron chi connectivity index (χ1n) is 9.05. The summed E-state index contributed by atoms with van der Waals surface area (Å²) in [4.78, 5) is 28.8. The number of rotatable bonds is 2. The lowest BCUT2D eigenvalue weighted by atomic mass is 9.98. The van der Waals surface area contributed by atoms with E-state index in [1.807, 2.05) is 41.5 Å². The number of amides is 2. The van der Waals surface area contributed by atoms with E-state index in [-0.39, 0.29) is 29.7 Å². The molecular weight excluding hydrogens is 335 g/mol. The van der Waals surface area contributed by atoms with Gasteiger partial charge in [-0.1, -0.05) is 26.0 Å². The van der Waals surface area contributed by atoms with Gasteiger partial charge in [-0.2, -0.15) is 0 Å². The Morgan fingerprint density at radius 1 is 1.12 bits per heavy atom. The highest BCUT2D eigenvalue weighted by Gasteiger charge is 2.39. The van der Waals surface area contributed by atoms with Crippen LogP contribution < -0.4 is 0 Å². The van der Waals surface area contributed by atoms with Crippen molar-refractivity contribution in [2.75, 3.05) is 13.1 Å². The minimum Gasteiger partial charge on any atom is -0.444 e. The highest BCUT2D eigenvalue weighted by atomic mass is 19.1. The van der Waals surface area contributed by atoms with E-state index < -0.39 is 11.7 Å². The zero-order valence-electron chi connectivity index (χ0n) is 16.5. The van der Waals surface area contributed by atoms with Crippen molar-refractivity contribution in [3.05, 3.63) is 35.6 Å². The molecule has 1 heterocycles. The topological polar surface area (TPSA) is 49.9 Å². The van der Waals surface area contributed by atoms with Crippen LogP contribution in [0.15, 0.2) is 24.3 Å². The van der Waals surface area contributed by atoms with Crippen molar-refractivity contribution in [3.63, 3.8) is 0 Å². The van der Waals surface area contributed by atoms with Gasteiger partial charge in [0.15, 0.2) is 0 Å². The molecule has 6 heteroatoms. The number of hydrogen-bond donors (Lipinski definition) is 0. The van der Waals surface area contributed by atoms with E-state index in [4.69, 9.17) is 4.74 Å². The molecule has 2 amide bonds. The summed E-state index contributed by atoms with van der Waals surface area (Å²) in [5.41, 5.74) is 0.171. The summed E-state index contributed by atoms with van der Waals surface area (Å²) in [5.74, 6) is -0.412. The third kappa shape index (κ3) is 4.74. The van der Waals surface area contributed by atoms with Crippen molar-refractivity contribution >= 4 is 12.0 Å². The van der Waals surface area contributed by atoms with Gasteiger partial charge in [0.25, 0.3) is 0 Å². The number of halogens is 1. The quantitative estimate of drug-likeness (QED) is 0.797. The first-order chi connectivity index (χ1) is 12.0. The molecule has 1 aromatic rings. The predicted molar refractivity (Wildman–Crippen MR) is 98.1 cm³/mol. The van der Waals surface area contributed by atoms with Gasteiger partial charge in [0.05, 0.1) is 6.04 Å². The number of benzene rings is 1. The summed E-state index contributed by atoms with van der Waals surface area (Å²) in [7, 11) is 0. The Morgan fingerprint density at radius 2 is 1.69 bits per heavy atom. The monoisotopic (exact) mass is 364 g/mol. The molecule has 0 spiro atoms. The third-order valence-electron chi connectivity index (χ3n) is 4.40. The Bertz CT molecular complexity index is 652. The van der Waals surface area contributed by atoms with Crippen LogP contribution in [0.25, 0.3) is 0 Å². The number of piperazine rings is 1. The summed E-state index contributed by atoms with van der Waals surface area (Å²) in [5, 5.41) is 0. The summed E-state index contributed by atoms with van der Waals surface area (Å²) in [6, 6.07) is 5.57. The summed E-state index contributed by atoms with van der Waals surface area (Å²) in [6.07, 6.45) is -0.421. The first-order valence-corrected chi connectivity index (χ1v) is 9.05. The van der Waals surface area contributed by atoms with Crippen LogP contribution in [0.3, 0.4) is 0 Å². The molecule has 0 saturated carbocycles. The van der Waals surface area contributed by atoms with E-state index in [2.05, 4.69) is 0 Å². The lowest BCUT2D eigenvalue weighted by Crippen LogP contribution is -2.58. The molecule has 1 saturated heterocycles. The number of hydrogen-bond acceptors (Lipinski definition) is 3. The highest BCUT2D eigenvalue weighted by molar-refractivity contribution is 5.79. The largest absolute Gasteiger partial charge is 0.444 e. The Labute approximate surface area is 155 Å². The summed E-state index contributed by atoms with van der Waals surface area (Å²) >= 11 is 0. The van der Waals surface area contributed by atoms with Crippen LogP contribution >= 0.6 is 0 Å². The average molecular weight is 364 g/mol. The second-order valence-corrected chi connectivity index (χ2v) is 8.19. The van der Waals surface area contributed by atoms with Crippen molar-refractivity contribution in [3.8, 4) is 0 Å². The fraction of sp³-hybridized carbons (Fsp3) is 0.600. The Kier molecular flexibility index (Phi) is 5.94. The predicted octanol–water partition coefficient (Wildman–Crippen LogP) is 3.99. The maximum absolute atomic E-state index is 13.3. The van der Waals surface area contributed by atoms with Gasteiger partial charge in [0, 0.05) is 25.0 Å². The maximum atomic E-state index is 13.3. The van der Waals surface area contributed by atoms with Crippen molar-refractivity contribution in [2.45, 2.75) is 59.2 Å². The molecule has 2 rings (SSSR count). The molecule has 1 aliphatic heterocycles. The van der Waals surface area contributed by atoms with Crippen molar-refractivity contribution in [1.29, 1.82) is 0 Å². The maximum Gasteiger partial charge on any atom is 0.410 e. The molecule has 1 aliphatic rings. The standard InChI is InChI=1S/C20H29FN2O3/c1-13(2)18(24)22-12-17(15-7-9-16(21)10-8-15)23(11-14(22)3)19(25)26-20(4,5)6/h7-10,13-14,17H,11-12H2,1-6H3/t14-,17?/m0/s1. The number of nitrogens with zero attached hydrogens (tertiary/aromatic N) is 2. The van der Waals surface area contributed by atoms with Gasteiger partial charge in [-0.15, -0.1) is 0 Å². The van der Waals surface area contributed by atoms with Crippen LogP contribution in [0.4, 0.5) is 9.18 Å². The number of carbonyl (C=O) groups is 2. The van der Waals surface area contributed by atoms with Gasteiger partial charge >= 0.3 is 6.09 Å². The Balaban J connectivity index is 2.34. The van der Waals surface area contributed by atoms with Crippen LogP contribution in [-0.4, -0.2) is 46.5 Å². The van der Waals surface area contributed by atoms with Crippen LogP contribution in [0.5, 0.6) is 0 Å². The second kappa shape index (κ2) is 7.64. The minimum atomic E-state index is -0.613. The van der Waals surface area contributed by atoms with Crippen LogP contribution in [0.1, 0.15) is 53.1 Å². The molecule has 0 bridgehead atoms. The first kappa shape index (κ1) is 20.2. The number of ether oxygens (including phenoxy) is 1. The summed E-state index contributed by atoms with van der Waals surface area (Å²) in [6.45, 7) is 11.8. The highest BCUT2D eigenvalue weighted by Crippen LogP contribution is 2.30. The van der Waals surface area contributed by atoms with E-state index in [1.165, 1.54) is 12.1 Å². The summed E-state index contributed by atoms with van der Waals surface area (Å²) < 4.78 is 18.9. The Morgan fingerprint density at radius 3 is 2.19 bits per heavy atom. The van der Waals surface area contributed by atoms with Crippen molar-refractivity contribution in [2.24, 2.45) is 5.92 Å². The smallest absolute Gasteiger partial charge is 0.410 e. The van der Waals surface area contributed by atoms with Crippen LogP contribution in [-0.2, 0) is 9.53 Å². The molecule has 26 heavy (non-hydrogen) atoms. The van der Waals surface area contributed by atoms with Gasteiger partial charge in [-0.25, -0.2) is 9.18 Å². The molecule has 0 aromatic heterocycles. The SMILES string of the molecule is CC(C)C(=O)N1CC(c2ccc(F)cc2)N(C(=O)OC(C)(C)C)C[C@@H]1C. The molecule has 5 nitrogen and oxygen atoms in total. The zero-order valence-corrected chi connectivity index (χ0v) is 16.5. The minimum absolute atomic E-state index is 0.0495. The molecule has 0 N–H and O–H groups in total. The third-order valence-corrected chi connectivity index (χ3v) is 4.40. The molecule has 0 radical (unpaired) electrons. The van der Waals surface area contributed by atoms with Crippen LogP contribution in [0.2, 0.25) is 0 Å². The van der Waals surface area contributed by atoms with Crippen LogP contribution in [0, 0.1) is 11.7 Å². The fourth-order valence-corrected chi connectivity index (χ4v) is 3.11. The molecule has 2 atom stereocenters. The van der Waals surface area contributed by atoms with E-state index in [9.17, 15) is 14.0 Å². The van der Waals surface area contributed by atoms with Gasteiger partial charge < -0.3 is 9.64 Å². The van der Waals surface area contributed by atoms with Crippen molar-refractivity contribution < 1.29 is 18.7 Å². The fourth-order valence-electron chi connectivity index (χ4n) is 3.11. The molecular formula is C20H29FN2O3. The molecule has 1 unspecified atom stereocenters. The van der Waals surface area contributed by atoms with E-state index in [0.29, 0.717) is 13.1 Å². The van der Waals surface area contributed by atoms with Gasteiger partial charge in [0.2, 0.25) is 5.91 Å². The second-order valence-electron chi connectivity index (χ2n) is 8.19. The number of carbonyl (C=O) groups excluding carboxylic acids is 2. The lowest BCUT2D eigenvalue weighted by Gasteiger charge is -2.46. The van der Waals surface area contributed by atoms with E-state index >= 15 is 0 Å². The van der Waals surface area contributed by atoms with E-state index in [0.717, 1.165) is 5.56 Å². The molecule has 144 valence electrons. The molecule has 0 aliphatic carbocycles. The normalized spacial score (nSPS) is 21.1. The molecule has 1 fully saturated rings. The lowest BCUT2D eigenvalue weighted by molar-refractivity contribution is -0.140. The zero-order chi connectivity index (χ0) is 19.6. The van der Waals surface area contributed by atoms with Gasteiger partial charge in [-0.3, -0.25) is 9.69 Å². The van der Waals surface area contributed by atoms with Gasteiger partial charge in [-0.05, 0) is 45.4 Å². The van der Waals surface area contributed by atoms with Crippen molar-refractivity contribution in [1.82, 2.24) is 9.80 Å². The average Bonchev–Trinajstić information content (AvgIpc) is 2.53. The van der Waals surface area contributed by atoms with Gasteiger partial charge in [0.1, 0.15) is 11.4 Å². The Hall–Kier alpha value is -2.11.